The molecule has 0 saturated heterocycles. The number of ketones is 1. The zero-order chi connectivity index (χ0) is 17.4. The van der Waals surface area contributed by atoms with Crippen LogP contribution in [0.25, 0.3) is 0 Å². The third-order valence-corrected chi connectivity index (χ3v) is 4.34. The topological polar surface area (TPSA) is 44.8 Å². The van der Waals surface area contributed by atoms with Crippen LogP contribution in [0.4, 0.5) is 0 Å². The van der Waals surface area contributed by atoms with Gasteiger partial charge in [-0.25, -0.2) is 0 Å². The van der Waals surface area contributed by atoms with Crippen molar-refractivity contribution in [2.75, 3.05) is 21.3 Å². The van der Waals surface area contributed by atoms with Crippen LogP contribution < -0.4 is 14.2 Å². The molecule has 0 aliphatic heterocycles. The van der Waals surface area contributed by atoms with E-state index in [2.05, 4.69) is 6.92 Å². The highest BCUT2D eigenvalue weighted by atomic mass is 35.5. The number of rotatable bonds is 10. The molecule has 0 aromatic heterocycles. The molecular weight excluding hydrogens is 339 g/mol. The SMILES string of the molecule is CCCCCCCC(=O)c1c(OC)c(Cl)c(OC)c(Cl)c1OC. The van der Waals surface area contributed by atoms with Crippen LogP contribution in [0.5, 0.6) is 17.2 Å². The predicted molar refractivity (Wildman–Crippen MR) is 93.8 cm³/mol. The minimum Gasteiger partial charge on any atom is -0.494 e. The minimum absolute atomic E-state index is 0.0957. The molecule has 0 saturated carbocycles. The first kappa shape index (κ1) is 19.9. The maximum absolute atomic E-state index is 12.6. The van der Waals surface area contributed by atoms with Crippen molar-refractivity contribution < 1.29 is 19.0 Å². The second-order valence-electron chi connectivity index (χ2n) is 5.19. The monoisotopic (exact) mass is 362 g/mol. The minimum atomic E-state index is -0.0957. The Balaban J connectivity index is 3.11. The van der Waals surface area contributed by atoms with Gasteiger partial charge in [0.05, 0.1) is 21.3 Å². The van der Waals surface area contributed by atoms with E-state index in [1.807, 2.05) is 0 Å². The van der Waals surface area contributed by atoms with Crippen LogP contribution >= 0.6 is 23.2 Å². The lowest BCUT2D eigenvalue weighted by Crippen LogP contribution is -2.07. The molecule has 130 valence electrons. The normalized spacial score (nSPS) is 10.5. The predicted octanol–water partition coefficient (Wildman–Crippen LogP) is 5.56. The third kappa shape index (κ3) is 4.67. The number of hydrogen-bond acceptors (Lipinski definition) is 4. The van der Waals surface area contributed by atoms with Crippen LogP contribution in [-0.2, 0) is 0 Å². The molecule has 0 aliphatic carbocycles. The van der Waals surface area contributed by atoms with Gasteiger partial charge in [0.25, 0.3) is 0 Å². The summed E-state index contributed by atoms with van der Waals surface area (Å²) >= 11 is 12.5. The summed E-state index contributed by atoms with van der Waals surface area (Å²) in [5.41, 5.74) is 0.279. The Labute approximate surface area is 148 Å². The summed E-state index contributed by atoms with van der Waals surface area (Å²) in [6.07, 6.45) is 5.70. The molecule has 0 N–H and O–H groups in total. The van der Waals surface area contributed by atoms with Crippen molar-refractivity contribution in [3.8, 4) is 17.2 Å². The third-order valence-electron chi connectivity index (χ3n) is 3.65. The van der Waals surface area contributed by atoms with Gasteiger partial charge in [-0.2, -0.15) is 0 Å². The number of halogens is 2. The fourth-order valence-electron chi connectivity index (χ4n) is 2.46. The highest BCUT2D eigenvalue weighted by Gasteiger charge is 2.28. The van der Waals surface area contributed by atoms with Gasteiger partial charge in [0.1, 0.15) is 15.6 Å². The lowest BCUT2D eigenvalue weighted by atomic mass is 10.0. The van der Waals surface area contributed by atoms with Gasteiger partial charge in [0.15, 0.2) is 23.0 Å². The maximum atomic E-state index is 12.6. The standard InChI is InChI=1S/C17H24Cl2O4/c1-5-6-7-8-9-10-11(20)12-15(21-2)13(18)17(23-4)14(19)16(12)22-3/h5-10H2,1-4H3. The van der Waals surface area contributed by atoms with Crippen LogP contribution in [0, 0.1) is 0 Å². The molecule has 0 aliphatic rings. The van der Waals surface area contributed by atoms with E-state index in [-0.39, 0.29) is 38.6 Å². The number of methoxy groups -OCH3 is 3. The number of unbranched alkanes of at least 4 members (excludes halogenated alkanes) is 4. The van der Waals surface area contributed by atoms with Crippen molar-refractivity contribution in [1.29, 1.82) is 0 Å². The summed E-state index contributed by atoms with van der Waals surface area (Å²) < 4.78 is 15.8. The van der Waals surface area contributed by atoms with Gasteiger partial charge in [-0.3, -0.25) is 4.79 Å². The summed E-state index contributed by atoms with van der Waals surface area (Å²) in [4.78, 5) is 12.6. The molecule has 1 aromatic carbocycles. The molecule has 6 heteroatoms. The van der Waals surface area contributed by atoms with Gasteiger partial charge >= 0.3 is 0 Å². The molecule has 0 amide bonds. The molecular formula is C17H24Cl2O4. The first-order valence-corrected chi connectivity index (χ1v) is 8.49. The highest BCUT2D eigenvalue weighted by molar-refractivity contribution is 6.40. The Morgan fingerprint density at radius 3 is 1.74 bits per heavy atom. The first-order valence-electron chi connectivity index (χ1n) is 7.73. The number of hydrogen-bond donors (Lipinski definition) is 0. The Kier molecular flexibility index (Phi) is 8.56. The maximum Gasteiger partial charge on any atom is 0.170 e. The number of Topliss-reactive ketones (excluding diaryl/α,β-unsaturated/α-hetero) is 1. The molecule has 0 unspecified atom stereocenters. The lowest BCUT2D eigenvalue weighted by Gasteiger charge is -2.18. The van der Waals surface area contributed by atoms with Gasteiger partial charge < -0.3 is 14.2 Å². The van der Waals surface area contributed by atoms with Gasteiger partial charge in [0.2, 0.25) is 0 Å². The molecule has 1 rings (SSSR count). The summed E-state index contributed by atoms with van der Waals surface area (Å²) in [5.74, 6) is 0.620. The molecule has 0 atom stereocenters. The average Bonchev–Trinajstić information content (AvgIpc) is 2.54. The van der Waals surface area contributed by atoms with Crippen LogP contribution in [0.15, 0.2) is 0 Å². The highest BCUT2D eigenvalue weighted by Crippen LogP contribution is 2.49. The molecule has 4 nitrogen and oxygen atoms in total. The number of ether oxygens (including phenoxy) is 3. The van der Waals surface area contributed by atoms with Crippen molar-refractivity contribution >= 4 is 29.0 Å². The quantitative estimate of drug-likeness (QED) is 0.403. The summed E-state index contributed by atoms with van der Waals surface area (Å²) in [7, 11) is 4.35. The van der Waals surface area contributed by atoms with Crippen molar-refractivity contribution in [2.45, 2.75) is 45.4 Å². The smallest absolute Gasteiger partial charge is 0.170 e. The van der Waals surface area contributed by atoms with Crippen molar-refractivity contribution in [1.82, 2.24) is 0 Å². The van der Waals surface area contributed by atoms with E-state index < -0.39 is 0 Å². The molecule has 1 aromatic rings. The molecule has 0 radical (unpaired) electrons. The molecule has 0 spiro atoms. The van der Waals surface area contributed by atoms with Crippen LogP contribution in [0.2, 0.25) is 10.0 Å². The van der Waals surface area contributed by atoms with Crippen molar-refractivity contribution in [3.05, 3.63) is 15.6 Å². The van der Waals surface area contributed by atoms with E-state index in [0.29, 0.717) is 6.42 Å². The van der Waals surface area contributed by atoms with Crippen molar-refractivity contribution in [2.24, 2.45) is 0 Å². The van der Waals surface area contributed by atoms with Crippen molar-refractivity contribution in [3.63, 3.8) is 0 Å². The summed E-state index contributed by atoms with van der Waals surface area (Å²) in [6.45, 7) is 2.15. The average molecular weight is 363 g/mol. The zero-order valence-corrected chi connectivity index (χ0v) is 15.6. The first-order chi connectivity index (χ1) is 11.0. The molecule has 0 fully saturated rings. The lowest BCUT2D eigenvalue weighted by molar-refractivity contribution is 0.0973. The Morgan fingerprint density at radius 1 is 0.826 bits per heavy atom. The van der Waals surface area contributed by atoms with E-state index in [9.17, 15) is 4.79 Å². The van der Waals surface area contributed by atoms with E-state index in [0.717, 1.165) is 19.3 Å². The number of benzene rings is 1. The van der Waals surface area contributed by atoms with Gasteiger partial charge in [-0.1, -0.05) is 55.8 Å². The van der Waals surface area contributed by atoms with E-state index in [1.165, 1.54) is 34.2 Å². The summed E-state index contributed by atoms with van der Waals surface area (Å²) in [6, 6.07) is 0. The van der Waals surface area contributed by atoms with Gasteiger partial charge in [-0.15, -0.1) is 0 Å². The van der Waals surface area contributed by atoms with E-state index >= 15 is 0 Å². The largest absolute Gasteiger partial charge is 0.494 e. The second-order valence-corrected chi connectivity index (χ2v) is 5.95. The fraction of sp³-hybridized carbons (Fsp3) is 0.588. The number of carbonyl (C=O) groups is 1. The second kappa shape index (κ2) is 9.89. The molecule has 23 heavy (non-hydrogen) atoms. The Bertz CT molecular complexity index is 513. The molecule has 0 bridgehead atoms. The zero-order valence-electron chi connectivity index (χ0n) is 14.1. The number of carbonyl (C=O) groups excluding carboxylic acids is 1. The van der Waals surface area contributed by atoms with E-state index in [4.69, 9.17) is 37.4 Å². The summed E-state index contributed by atoms with van der Waals surface area (Å²) in [5, 5.41) is 0.352. The van der Waals surface area contributed by atoms with Crippen LogP contribution in [-0.4, -0.2) is 27.1 Å². The Hall–Kier alpha value is -1.13. The fourth-order valence-corrected chi connectivity index (χ4v) is 3.19. The molecule has 0 heterocycles. The van der Waals surface area contributed by atoms with Gasteiger partial charge in [-0.05, 0) is 6.42 Å². The Morgan fingerprint density at radius 2 is 1.30 bits per heavy atom. The van der Waals surface area contributed by atoms with E-state index in [1.54, 1.807) is 0 Å². The van der Waals surface area contributed by atoms with Crippen LogP contribution in [0.3, 0.4) is 0 Å². The van der Waals surface area contributed by atoms with Crippen LogP contribution in [0.1, 0.15) is 55.8 Å². The van der Waals surface area contributed by atoms with Gasteiger partial charge in [0, 0.05) is 6.42 Å².